The molecule has 7 heteroatoms. The standard InChI is InChI=1S/C23H26ClNO4S/c1-23(2,3)17-9-5-16(6-10-17)21-19(22(26)27)13-14-20(25(21)30(4,28)29)15-7-11-18(24)12-8-15/h5-13,20-21H,14H2,1-4H3,(H,26,27)/t20-,21-/m0/s1. The lowest BCUT2D eigenvalue weighted by Crippen LogP contribution is -2.41. The monoisotopic (exact) mass is 447 g/mol. The van der Waals surface area contributed by atoms with Crippen molar-refractivity contribution in [3.05, 3.63) is 81.9 Å². The summed E-state index contributed by atoms with van der Waals surface area (Å²) in [7, 11) is -3.74. The molecule has 2 aromatic carbocycles. The maximum atomic E-state index is 12.9. The number of carboxylic acids is 1. The normalized spacial score (nSPS) is 20.6. The molecule has 0 aromatic heterocycles. The number of nitrogens with zero attached hydrogens (tertiary/aromatic N) is 1. The average molecular weight is 448 g/mol. The van der Waals surface area contributed by atoms with Crippen LogP contribution in [0.5, 0.6) is 0 Å². The van der Waals surface area contributed by atoms with Crippen molar-refractivity contribution >= 4 is 27.6 Å². The third-order valence-electron chi connectivity index (χ3n) is 5.39. The maximum Gasteiger partial charge on any atom is 0.333 e. The van der Waals surface area contributed by atoms with Crippen LogP contribution in [0.25, 0.3) is 0 Å². The van der Waals surface area contributed by atoms with Crippen LogP contribution in [-0.2, 0) is 20.2 Å². The smallest absolute Gasteiger partial charge is 0.333 e. The van der Waals surface area contributed by atoms with Crippen molar-refractivity contribution in [2.45, 2.75) is 44.7 Å². The van der Waals surface area contributed by atoms with Gasteiger partial charge in [-0.15, -0.1) is 0 Å². The van der Waals surface area contributed by atoms with Gasteiger partial charge >= 0.3 is 5.97 Å². The molecular formula is C23H26ClNO4S. The maximum absolute atomic E-state index is 12.9. The Morgan fingerprint density at radius 3 is 2.03 bits per heavy atom. The van der Waals surface area contributed by atoms with E-state index in [1.807, 2.05) is 24.3 Å². The Hall–Kier alpha value is -2.15. The zero-order valence-electron chi connectivity index (χ0n) is 17.5. The van der Waals surface area contributed by atoms with Crippen LogP contribution in [0.4, 0.5) is 0 Å². The number of benzene rings is 2. The van der Waals surface area contributed by atoms with E-state index in [0.717, 1.165) is 17.4 Å². The van der Waals surface area contributed by atoms with Crippen molar-refractivity contribution in [3.8, 4) is 0 Å². The first-order chi connectivity index (χ1) is 13.9. The minimum atomic E-state index is -3.74. The lowest BCUT2D eigenvalue weighted by molar-refractivity contribution is -0.133. The number of carboxylic acid groups (broad SMARTS) is 1. The zero-order chi connectivity index (χ0) is 22.3. The Bertz CT molecular complexity index is 1070. The molecule has 5 nitrogen and oxygen atoms in total. The van der Waals surface area contributed by atoms with E-state index >= 15 is 0 Å². The highest BCUT2D eigenvalue weighted by Gasteiger charge is 2.42. The van der Waals surface area contributed by atoms with Gasteiger partial charge in [0, 0.05) is 5.02 Å². The predicted octanol–water partition coefficient (Wildman–Crippen LogP) is 5.10. The summed E-state index contributed by atoms with van der Waals surface area (Å²) in [6.45, 7) is 6.26. The number of aliphatic carboxylic acids is 1. The topological polar surface area (TPSA) is 74.7 Å². The van der Waals surface area contributed by atoms with Gasteiger partial charge in [0.1, 0.15) is 0 Å². The third kappa shape index (κ3) is 4.61. The van der Waals surface area contributed by atoms with E-state index in [2.05, 4.69) is 20.8 Å². The molecule has 0 aliphatic carbocycles. The van der Waals surface area contributed by atoms with Gasteiger partial charge in [-0.25, -0.2) is 13.2 Å². The van der Waals surface area contributed by atoms with Crippen LogP contribution < -0.4 is 0 Å². The molecule has 1 N–H and O–H groups in total. The zero-order valence-corrected chi connectivity index (χ0v) is 19.0. The molecule has 0 fully saturated rings. The van der Waals surface area contributed by atoms with Crippen molar-refractivity contribution in [2.75, 3.05) is 6.26 Å². The number of rotatable bonds is 4. The summed E-state index contributed by atoms with van der Waals surface area (Å²) in [6.07, 6.45) is 3.02. The number of sulfonamides is 1. The summed E-state index contributed by atoms with van der Waals surface area (Å²) in [4.78, 5) is 12.0. The summed E-state index contributed by atoms with van der Waals surface area (Å²) in [5, 5.41) is 10.4. The highest BCUT2D eigenvalue weighted by atomic mass is 35.5. The number of halogens is 1. The van der Waals surface area contributed by atoms with Crippen molar-refractivity contribution in [1.29, 1.82) is 0 Å². The van der Waals surface area contributed by atoms with Crippen LogP contribution >= 0.6 is 11.6 Å². The van der Waals surface area contributed by atoms with Gasteiger partial charge in [0.25, 0.3) is 0 Å². The molecule has 2 atom stereocenters. The minimum absolute atomic E-state index is 0.0640. The number of hydrogen-bond acceptors (Lipinski definition) is 3. The summed E-state index contributed by atoms with van der Waals surface area (Å²) < 4.78 is 27.1. The lowest BCUT2D eigenvalue weighted by atomic mass is 9.84. The molecule has 0 saturated heterocycles. The van der Waals surface area contributed by atoms with E-state index in [4.69, 9.17) is 11.6 Å². The van der Waals surface area contributed by atoms with Crippen LogP contribution in [0.15, 0.2) is 60.2 Å². The van der Waals surface area contributed by atoms with Crippen molar-refractivity contribution in [3.63, 3.8) is 0 Å². The van der Waals surface area contributed by atoms with Crippen LogP contribution in [-0.4, -0.2) is 30.1 Å². The quantitative estimate of drug-likeness (QED) is 0.707. The van der Waals surface area contributed by atoms with Gasteiger partial charge in [-0.05, 0) is 40.7 Å². The third-order valence-corrected chi connectivity index (χ3v) is 6.88. The fraction of sp³-hybridized carbons (Fsp3) is 0.348. The summed E-state index contributed by atoms with van der Waals surface area (Å²) in [5.41, 5.74) is 2.47. The van der Waals surface area contributed by atoms with E-state index in [0.29, 0.717) is 10.6 Å². The molecule has 0 amide bonds. The molecule has 1 aliphatic rings. The molecular weight excluding hydrogens is 422 g/mol. The Labute approximate surface area is 183 Å². The average Bonchev–Trinajstić information content (AvgIpc) is 2.66. The summed E-state index contributed by atoms with van der Waals surface area (Å²) in [6, 6.07) is 13.1. The first kappa shape index (κ1) is 22.5. The summed E-state index contributed by atoms with van der Waals surface area (Å²) in [5.74, 6) is -1.12. The van der Waals surface area contributed by atoms with Crippen LogP contribution in [0, 0.1) is 0 Å². The van der Waals surface area contributed by atoms with E-state index in [-0.39, 0.29) is 17.4 Å². The first-order valence-corrected chi connectivity index (χ1v) is 11.9. The van der Waals surface area contributed by atoms with E-state index in [1.165, 1.54) is 4.31 Å². The van der Waals surface area contributed by atoms with Gasteiger partial charge in [-0.1, -0.05) is 74.8 Å². The van der Waals surface area contributed by atoms with Crippen molar-refractivity contribution in [2.24, 2.45) is 0 Å². The van der Waals surface area contributed by atoms with Crippen molar-refractivity contribution < 1.29 is 18.3 Å². The molecule has 2 aromatic rings. The highest BCUT2D eigenvalue weighted by Crippen LogP contribution is 2.44. The van der Waals surface area contributed by atoms with Gasteiger partial charge < -0.3 is 5.11 Å². The lowest BCUT2D eigenvalue weighted by Gasteiger charge is -2.40. The minimum Gasteiger partial charge on any atom is -0.478 e. The summed E-state index contributed by atoms with van der Waals surface area (Å²) >= 11 is 6.00. The van der Waals surface area contributed by atoms with Crippen LogP contribution in [0.1, 0.15) is 56.0 Å². The fourth-order valence-electron chi connectivity index (χ4n) is 3.86. The van der Waals surface area contributed by atoms with Gasteiger partial charge in [0.15, 0.2) is 0 Å². The van der Waals surface area contributed by atoms with Crippen LogP contribution in [0.2, 0.25) is 5.02 Å². The van der Waals surface area contributed by atoms with E-state index in [9.17, 15) is 18.3 Å². The largest absolute Gasteiger partial charge is 0.478 e. The molecule has 0 saturated carbocycles. The van der Waals surface area contributed by atoms with Crippen LogP contribution in [0.3, 0.4) is 0 Å². The molecule has 0 bridgehead atoms. The van der Waals surface area contributed by atoms with Gasteiger partial charge in [-0.2, -0.15) is 4.31 Å². The Morgan fingerprint density at radius 2 is 1.57 bits per heavy atom. The molecule has 0 radical (unpaired) electrons. The molecule has 0 unspecified atom stereocenters. The van der Waals surface area contributed by atoms with Gasteiger partial charge in [0.2, 0.25) is 10.0 Å². The van der Waals surface area contributed by atoms with E-state index in [1.54, 1.807) is 30.3 Å². The second-order valence-corrected chi connectivity index (χ2v) is 11.0. The molecule has 0 spiro atoms. The fourth-order valence-corrected chi connectivity index (χ4v) is 5.27. The van der Waals surface area contributed by atoms with Crippen molar-refractivity contribution in [1.82, 2.24) is 4.31 Å². The first-order valence-electron chi connectivity index (χ1n) is 9.67. The Morgan fingerprint density at radius 1 is 1.03 bits per heavy atom. The van der Waals surface area contributed by atoms with E-state index < -0.39 is 28.1 Å². The second kappa shape index (κ2) is 8.17. The molecule has 160 valence electrons. The molecule has 3 rings (SSSR count). The Kier molecular flexibility index (Phi) is 6.14. The second-order valence-electron chi connectivity index (χ2n) is 8.64. The number of carbonyl (C=O) groups is 1. The predicted molar refractivity (Wildman–Crippen MR) is 119 cm³/mol. The Balaban J connectivity index is 2.16. The van der Waals surface area contributed by atoms with Gasteiger partial charge in [-0.3, -0.25) is 0 Å². The highest BCUT2D eigenvalue weighted by molar-refractivity contribution is 7.88. The SMILES string of the molecule is CC(C)(C)c1ccc([C@H]2C(C(=O)O)=CC[C@@H](c3ccc(Cl)cc3)N2S(C)(=O)=O)cc1. The molecule has 1 heterocycles. The molecule has 1 aliphatic heterocycles. The molecule has 30 heavy (non-hydrogen) atoms. The number of hydrogen-bond donors (Lipinski definition) is 1. The van der Waals surface area contributed by atoms with Gasteiger partial charge in [0.05, 0.1) is 23.9 Å².